The molecule has 7 nitrogen and oxygen atoms in total. The minimum atomic E-state index is -0.0144. The van der Waals surface area contributed by atoms with E-state index < -0.39 is 0 Å². The van der Waals surface area contributed by atoms with Crippen LogP contribution in [0.5, 0.6) is 0 Å². The lowest BCUT2D eigenvalue weighted by atomic mass is 9.33. The van der Waals surface area contributed by atoms with Crippen LogP contribution in [0.3, 0.4) is 0 Å². The minimum Gasteiger partial charge on any atom is -0.311 e. The molecule has 5 heterocycles. The predicted octanol–water partition coefficient (Wildman–Crippen LogP) is 18.7. The van der Waals surface area contributed by atoms with E-state index in [0.29, 0.717) is 11.6 Å². The maximum Gasteiger partial charge on any atom is 0.252 e. The maximum absolute atomic E-state index is 5.70. The summed E-state index contributed by atoms with van der Waals surface area (Å²) in [5.41, 5.74) is 27.5. The van der Waals surface area contributed by atoms with Gasteiger partial charge in [0.1, 0.15) is 0 Å². The number of anilines is 6. The molecule has 2 aliphatic rings. The van der Waals surface area contributed by atoms with Crippen molar-refractivity contribution in [2.24, 2.45) is 0 Å². The van der Waals surface area contributed by atoms with Gasteiger partial charge in [-0.3, -0.25) is 0 Å². The third-order valence-electron chi connectivity index (χ3n) is 17.9. The SMILES string of the molecule is Cc1ccc2c(c1)c1cc(C)ccc1n2-c1ccc(-c2cc(-c3ccccc3)nc(-c3ccccc3)n2)cc1-c1cc(-c2ccccc2)nc(-c2ccc(-c3ccc4c5c3N(c3ccccc3)c3ccccc3B5c3ccccc3N4c3ccccc3)cc2)n1. The Labute approximate surface area is 523 Å². The second-order valence-electron chi connectivity index (χ2n) is 23.5. The molecule has 17 rings (SSSR count). The lowest BCUT2D eigenvalue weighted by molar-refractivity contribution is 1.15. The standard InChI is InChI=1S/C82H56BN7/c1-53-36-44-73-64(48-53)65-49-54(2)37-45-74(65)90(73)75-46-42-60(71-51-69(56-22-8-3-9-23-56)84-81(86-71)58-26-12-5-13-27-58)50-66(75)72-52-70(57-24-10-4-11-25-57)85-82(87-72)59-40-38-55(39-41-59)63-43-47-78-79-80(63)89(62-30-16-7-17-31-62)77-35-21-19-33-68(77)83(79)67-32-18-20-34-76(67)88(78)61-28-14-6-15-29-61/h3-52H,1-2H3. The fraction of sp³-hybridized carbons (Fsp3) is 0.0244. The molecule has 15 aromatic rings. The van der Waals surface area contributed by atoms with Gasteiger partial charge in [-0.25, -0.2) is 19.9 Å². The largest absolute Gasteiger partial charge is 0.311 e. The third kappa shape index (κ3) is 8.90. The Morgan fingerprint density at radius 1 is 0.289 bits per heavy atom. The Hall–Kier alpha value is -11.7. The van der Waals surface area contributed by atoms with Gasteiger partial charge in [0.2, 0.25) is 0 Å². The van der Waals surface area contributed by atoms with Gasteiger partial charge in [-0.2, -0.15) is 0 Å². The molecule has 0 bridgehead atoms. The summed E-state index contributed by atoms with van der Waals surface area (Å²) >= 11 is 0. The van der Waals surface area contributed by atoms with Gasteiger partial charge in [0.25, 0.3) is 6.71 Å². The van der Waals surface area contributed by atoms with E-state index in [0.717, 1.165) is 107 Å². The van der Waals surface area contributed by atoms with Crippen molar-refractivity contribution in [1.29, 1.82) is 0 Å². The van der Waals surface area contributed by atoms with Crippen molar-refractivity contribution in [2.45, 2.75) is 13.8 Å². The van der Waals surface area contributed by atoms with Crippen LogP contribution in [-0.4, -0.2) is 31.2 Å². The van der Waals surface area contributed by atoms with Crippen LogP contribution >= 0.6 is 0 Å². The van der Waals surface area contributed by atoms with Gasteiger partial charge in [-0.15, -0.1) is 0 Å². The van der Waals surface area contributed by atoms with Crippen molar-refractivity contribution in [3.63, 3.8) is 0 Å². The molecule has 0 atom stereocenters. The molecule has 12 aromatic carbocycles. The number of hydrogen-bond acceptors (Lipinski definition) is 6. The quantitative estimate of drug-likeness (QED) is 0.127. The zero-order valence-electron chi connectivity index (χ0n) is 49.6. The van der Waals surface area contributed by atoms with E-state index in [-0.39, 0.29) is 6.71 Å². The number of para-hydroxylation sites is 4. The molecule has 0 spiro atoms. The Balaban J connectivity index is 0.873. The first-order valence-corrected chi connectivity index (χ1v) is 30.7. The Morgan fingerprint density at radius 2 is 0.711 bits per heavy atom. The summed E-state index contributed by atoms with van der Waals surface area (Å²) in [5.74, 6) is 1.27. The topological polar surface area (TPSA) is 63.0 Å². The lowest BCUT2D eigenvalue weighted by Crippen LogP contribution is -2.61. The first-order chi connectivity index (χ1) is 44.5. The maximum atomic E-state index is 5.70. The van der Waals surface area contributed by atoms with Crippen LogP contribution in [-0.2, 0) is 0 Å². The van der Waals surface area contributed by atoms with E-state index in [2.05, 4.69) is 307 Å². The summed E-state index contributed by atoms with van der Waals surface area (Å²) in [6.45, 7) is 4.33. The van der Waals surface area contributed by atoms with Crippen LogP contribution in [0.15, 0.2) is 303 Å². The number of rotatable bonds is 10. The second-order valence-corrected chi connectivity index (χ2v) is 23.5. The normalized spacial score (nSPS) is 12.3. The van der Waals surface area contributed by atoms with E-state index in [4.69, 9.17) is 19.9 Å². The summed E-state index contributed by atoms with van der Waals surface area (Å²) in [7, 11) is 0. The summed E-state index contributed by atoms with van der Waals surface area (Å²) in [4.78, 5) is 26.7. The zero-order valence-corrected chi connectivity index (χ0v) is 49.6. The van der Waals surface area contributed by atoms with Gasteiger partial charge >= 0.3 is 0 Å². The van der Waals surface area contributed by atoms with E-state index in [9.17, 15) is 0 Å². The van der Waals surface area contributed by atoms with Crippen LogP contribution < -0.4 is 26.2 Å². The van der Waals surface area contributed by atoms with Gasteiger partial charge < -0.3 is 14.4 Å². The molecule has 0 saturated carbocycles. The highest BCUT2D eigenvalue weighted by atomic mass is 15.2. The van der Waals surface area contributed by atoms with Crippen molar-refractivity contribution in [1.82, 2.24) is 24.5 Å². The Morgan fingerprint density at radius 3 is 1.28 bits per heavy atom. The summed E-state index contributed by atoms with van der Waals surface area (Å²) in [5, 5.41) is 2.40. The predicted molar refractivity (Wildman–Crippen MR) is 374 cm³/mol. The van der Waals surface area contributed by atoms with Crippen LogP contribution in [0.1, 0.15) is 11.1 Å². The van der Waals surface area contributed by atoms with Crippen molar-refractivity contribution >= 4 is 79.0 Å². The molecule has 0 radical (unpaired) electrons. The van der Waals surface area contributed by atoms with Crippen molar-refractivity contribution < 1.29 is 0 Å². The average Bonchev–Trinajstić information content (AvgIpc) is 0.841. The van der Waals surface area contributed by atoms with Gasteiger partial charge in [0, 0.05) is 78.2 Å². The molecule has 0 unspecified atom stereocenters. The Kier molecular flexibility index (Phi) is 12.6. The summed E-state index contributed by atoms with van der Waals surface area (Å²) < 4.78 is 2.41. The van der Waals surface area contributed by atoms with Gasteiger partial charge in [-0.1, -0.05) is 223 Å². The van der Waals surface area contributed by atoms with Gasteiger partial charge in [0.15, 0.2) is 11.6 Å². The van der Waals surface area contributed by atoms with E-state index >= 15 is 0 Å². The Bertz CT molecular complexity index is 5140. The highest BCUT2D eigenvalue weighted by molar-refractivity contribution is 7.00. The van der Waals surface area contributed by atoms with Crippen molar-refractivity contribution in [3.8, 4) is 84.6 Å². The third-order valence-corrected chi connectivity index (χ3v) is 17.9. The first kappa shape index (κ1) is 52.6. The molecule has 3 aromatic heterocycles. The van der Waals surface area contributed by atoms with E-state index in [1.54, 1.807) is 0 Å². The average molecular weight is 1150 g/mol. The van der Waals surface area contributed by atoms with Crippen molar-refractivity contribution in [3.05, 3.63) is 314 Å². The minimum absolute atomic E-state index is 0.0144. The molecular weight excluding hydrogens is 1090 g/mol. The molecule has 0 aliphatic carbocycles. The lowest BCUT2D eigenvalue weighted by Gasteiger charge is -2.45. The van der Waals surface area contributed by atoms with Crippen LogP contribution in [0.2, 0.25) is 0 Å². The number of hydrogen-bond donors (Lipinski definition) is 0. The number of aromatic nitrogens is 5. The molecule has 0 N–H and O–H groups in total. The zero-order chi connectivity index (χ0) is 59.8. The molecule has 90 heavy (non-hydrogen) atoms. The monoisotopic (exact) mass is 1150 g/mol. The fourth-order valence-corrected chi connectivity index (χ4v) is 13.8. The van der Waals surface area contributed by atoms with Crippen LogP contribution in [0, 0.1) is 13.8 Å². The van der Waals surface area contributed by atoms with Crippen LogP contribution in [0.4, 0.5) is 34.1 Å². The molecule has 8 heteroatoms. The van der Waals surface area contributed by atoms with Crippen molar-refractivity contribution in [2.75, 3.05) is 9.80 Å². The summed E-state index contributed by atoms with van der Waals surface area (Å²) in [6, 6.07) is 109. The molecule has 2 aliphatic heterocycles. The highest BCUT2D eigenvalue weighted by Gasteiger charge is 2.44. The molecule has 0 saturated heterocycles. The van der Waals surface area contributed by atoms with Gasteiger partial charge in [0.05, 0.1) is 45.2 Å². The molecular formula is C82H56BN7. The number of aryl methyl sites for hydroxylation is 2. The highest BCUT2D eigenvalue weighted by Crippen LogP contribution is 2.48. The smallest absolute Gasteiger partial charge is 0.252 e. The number of benzene rings is 12. The summed E-state index contributed by atoms with van der Waals surface area (Å²) in [6.07, 6.45) is 0. The van der Waals surface area contributed by atoms with Gasteiger partial charge in [-0.05, 0) is 127 Å². The van der Waals surface area contributed by atoms with E-state index in [1.165, 1.54) is 49.7 Å². The number of nitrogens with zero attached hydrogens (tertiary/aromatic N) is 7. The molecule has 0 amide bonds. The van der Waals surface area contributed by atoms with E-state index in [1.807, 2.05) is 24.3 Å². The number of fused-ring (bicyclic) bond motifs is 7. The van der Waals surface area contributed by atoms with Crippen LogP contribution in [0.25, 0.3) is 106 Å². The fourth-order valence-electron chi connectivity index (χ4n) is 13.8. The molecule has 0 fully saturated rings. The molecule has 422 valence electrons. The second kappa shape index (κ2) is 21.6. The first-order valence-electron chi connectivity index (χ1n) is 30.7.